The van der Waals surface area contributed by atoms with Crippen molar-refractivity contribution in [1.82, 2.24) is 19.9 Å². The lowest BCUT2D eigenvalue weighted by atomic mass is 10.2. The molecule has 0 radical (unpaired) electrons. The van der Waals surface area contributed by atoms with E-state index in [9.17, 15) is 4.79 Å². The van der Waals surface area contributed by atoms with Crippen LogP contribution in [-0.4, -0.2) is 25.7 Å². The Morgan fingerprint density at radius 1 is 1.53 bits per heavy atom. The van der Waals surface area contributed by atoms with E-state index in [1.165, 1.54) is 0 Å². The van der Waals surface area contributed by atoms with Crippen LogP contribution in [0.1, 0.15) is 25.7 Å². The lowest BCUT2D eigenvalue weighted by Gasteiger charge is -1.91. The molecule has 0 amide bonds. The van der Waals surface area contributed by atoms with Gasteiger partial charge in [0.15, 0.2) is 0 Å². The van der Waals surface area contributed by atoms with Crippen LogP contribution in [0.4, 0.5) is 0 Å². The highest BCUT2D eigenvalue weighted by Crippen LogP contribution is 2.13. The topological polar surface area (TPSA) is 73.8 Å². The quantitative estimate of drug-likeness (QED) is 0.781. The van der Waals surface area contributed by atoms with E-state index in [0.717, 1.165) is 6.42 Å². The van der Waals surface area contributed by atoms with Crippen molar-refractivity contribution in [1.29, 1.82) is 0 Å². The molecule has 17 heavy (non-hydrogen) atoms. The van der Waals surface area contributed by atoms with Crippen LogP contribution in [-0.2, 0) is 18.3 Å². The van der Waals surface area contributed by atoms with Gasteiger partial charge in [-0.1, -0.05) is 12.1 Å². The summed E-state index contributed by atoms with van der Waals surface area (Å²) in [7, 11) is 1.81. The van der Waals surface area contributed by atoms with Gasteiger partial charge in [0.05, 0.1) is 6.42 Å². The largest absolute Gasteiger partial charge is 0.338 e. The first-order valence-corrected chi connectivity index (χ1v) is 5.53. The number of Topliss-reactive ketones (excluding diaryl/α,β-unsaturated/α-hetero) is 1. The summed E-state index contributed by atoms with van der Waals surface area (Å²) in [6.07, 6.45) is 3.38. The second kappa shape index (κ2) is 4.90. The SMILES string of the molecule is CCCC(=O)Cc1nc(-c2ccn(C)n2)no1. The second-order valence-corrected chi connectivity index (χ2v) is 3.85. The number of carbonyl (C=O) groups is 1. The first-order chi connectivity index (χ1) is 8.19. The van der Waals surface area contributed by atoms with Crippen molar-refractivity contribution in [2.24, 2.45) is 7.05 Å². The normalized spacial score (nSPS) is 10.7. The molecule has 0 bridgehead atoms. The molecule has 0 saturated heterocycles. The highest BCUT2D eigenvalue weighted by atomic mass is 16.5. The van der Waals surface area contributed by atoms with Gasteiger partial charge < -0.3 is 4.52 Å². The van der Waals surface area contributed by atoms with Crippen molar-refractivity contribution in [2.45, 2.75) is 26.2 Å². The zero-order chi connectivity index (χ0) is 12.3. The van der Waals surface area contributed by atoms with Gasteiger partial charge in [0.1, 0.15) is 11.5 Å². The second-order valence-electron chi connectivity index (χ2n) is 3.85. The van der Waals surface area contributed by atoms with Gasteiger partial charge in [-0.15, -0.1) is 0 Å². The molecule has 0 saturated carbocycles. The maximum Gasteiger partial charge on any atom is 0.234 e. The number of nitrogens with zero attached hydrogens (tertiary/aromatic N) is 4. The minimum absolute atomic E-state index is 0.115. The molecule has 0 atom stereocenters. The van der Waals surface area contributed by atoms with Crippen LogP contribution < -0.4 is 0 Å². The molecule has 90 valence electrons. The van der Waals surface area contributed by atoms with Crippen molar-refractivity contribution in [3.63, 3.8) is 0 Å². The van der Waals surface area contributed by atoms with Crippen LogP contribution in [0.15, 0.2) is 16.8 Å². The number of aryl methyl sites for hydroxylation is 1. The summed E-state index contributed by atoms with van der Waals surface area (Å²) in [6, 6.07) is 1.79. The summed E-state index contributed by atoms with van der Waals surface area (Å²) in [5.41, 5.74) is 0.644. The van der Waals surface area contributed by atoms with Crippen molar-refractivity contribution in [3.8, 4) is 11.5 Å². The zero-order valence-corrected chi connectivity index (χ0v) is 9.88. The third kappa shape index (κ3) is 2.77. The van der Waals surface area contributed by atoms with Crippen molar-refractivity contribution in [2.75, 3.05) is 0 Å². The molecule has 0 aliphatic heterocycles. The van der Waals surface area contributed by atoms with Crippen LogP contribution in [0.25, 0.3) is 11.5 Å². The Labute approximate surface area is 98.6 Å². The van der Waals surface area contributed by atoms with Gasteiger partial charge in [-0.05, 0) is 12.5 Å². The van der Waals surface area contributed by atoms with Gasteiger partial charge in [0.25, 0.3) is 0 Å². The summed E-state index contributed by atoms with van der Waals surface area (Å²) in [6.45, 7) is 1.96. The maximum atomic E-state index is 11.4. The Balaban J connectivity index is 2.08. The Morgan fingerprint density at radius 3 is 3.00 bits per heavy atom. The van der Waals surface area contributed by atoms with Gasteiger partial charge in [0.2, 0.25) is 11.7 Å². The summed E-state index contributed by atoms with van der Waals surface area (Å²) in [5.74, 6) is 0.887. The van der Waals surface area contributed by atoms with E-state index in [0.29, 0.717) is 23.8 Å². The van der Waals surface area contributed by atoms with Crippen molar-refractivity contribution < 1.29 is 9.32 Å². The number of carbonyl (C=O) groups excluding carboxylic acids is 1. The Kier molecular flexibility index (Phi) is 3.32. The molecule has 0 unspecified atom stereocenters. The molecule has 6 nitrogen and oxygen atoms in total. The summed E-state index contributed by atoms with van der Waals surface area (Å²) >= 11 is 0. The van der Waals surface area contributed by atoms with Gasteiger partial charge in [-0.2, -0.15) is 10.1 Å². The summed E-state index contributed by atoms with van der Waals surface area (Å²) in [4.78, 5) is 15.6. The van der Waals surface area contributed by atoms with E-state index >= 15 is 0 Å². The number of ketones is 1. The van der Waals surface area contributed by atoms with E-state index in [1.807, 2.05) is 14.0 Å². The fourth-order valence-electron chi connectivity index (χ4n) is 1.50. The van der Waals surface area contributed by atoms with Crippen LogP contribution in [0.3, 0.4) is 0 Å². The first-order valence-electron chi connectivity index (χ1n) is 5.53. The van der Waals surface area contributed by atoms with Crippen molar-refractivity contribution in [3.05, 3.63) is 18.2 Å². The molecule has 0 fully saturated rings. The molecule has 2 heterocycles. The fraction of sp³-hybridized carbons (Fsp3) is 0.455. The third-order valence-electron chi connectivity index (χ3n) is 2.29. The van der Waals surface area contributed by atoms with Crippen molar-refractivity contribution >= 4 is 5.78 Å². The lowest BCUT2D eigenvalue weighted by molar-refractivity contribution is -0.118. The van der Waals surface area contributed by atoms with E-state index in [1.54, 1.807) is 16.9 Å². The molecule has 0 aromatic carbocycles. The predicted octanol–water partition coefficient (Wildman–Crippen LogP) is 1.38. The Morgan fingerprint density at radius 2 is 2.35 bits per heavy atom. The predicted molar refractivity (Wildman–Crippen MR) is 60.1 cm³/mol. The van der Waals surface area contributed by atoms with E-state index < -0.39 is 0 Å². The van der Waals surface area contributed by atoms with Gasteiger partial charge in [-0.25, -0.2) is 0 Å². The van der Waals surface area contributed by atoms with E-state index in [2.05, 4.69) is 15.2 Å². The average molecular weight is 234 g/mol. The average Bonchev–Trinajstić information content (AvgIpc) is 2.87. The van der Waals surface area contributed by atoms with Crippen LogP contribution in [0.5, 0.6) is 0 Å². The third-order valence-corrected chi connectivity index (χ3v) is 2.29. The lowest BCUT2D eigenvalue weighted by Crippen LogP contribution is -2.01. The molecule has 2 aromatic heterocycles. The minimum atomic E-state index is 0.115. The summed E-state index contributed by atoms with van der Waals surface area (Å²) in [5, 5.41) is 7.96. The van der Waals surface area contributed by atoms with Crippen LogP contribution >= 0.6 is 0 Å². The zero-order valence-electron chi connectivity index (χ0n) is 9.88. The standard InChI is InChI=1S/C11H14N4O2/c1-3-4-8(16)7-10-12-11(14-17-10)9-5-6-15(2)13-9/h5-6H,3-4,7H2,1-2H3. The highest BCUT2D eigenvalue weighted by Gasteiger charge is 2.13. The van der Waals surface area contributed by atoms with Crippen LogP contribution in [0.2, 0.25) is 0 Å². The van der Waals surface area contributed by atoms with Gasteiger partial charge in [0, 0.05) is 19.7 Å². The number of hydrogen-bond donors (Lipinski definition) is 0. The van der Waals surface area contributed by atoms with Gasteiger partial charge >= 0.3 is 0 Å². The monoisotopic (exact) mass is 234 g/mol. The molecule has 0 aliphatic rings. The molecule has 0 spiro atoms. The van der Waals surface area contributed by atoms with Crippen LogP contribution in [0, 0.1) is 0 Å². The first kappa shape index (κ1) is 11.5. The molecular weight excluding hydrogens is 220 g/mol. The molecule has 6 heteroatoms. The molecule has 2 aromatic rings. The summed E-state index contributed by atoms with van der Waals surface area (Å²) < 4.78 is 6.67. The smallest absolute Gasteiger partial charge is 0.234 e. The fourth-order valence-corrected chi connectivity index (χ4v) is 1.50. The van der Waals surface area contributed by atoms with Gasteiger partial charge in [-0.3, -0.25) is 9.48 Å². The molecule has 2 rings (SSSR count). The molecule has 0 N–H and O–H groups in total. The molecular formula is C11H14N4O2. The maximum absolute atomic E-state index is 11.4. The number of rotatable bonds is 5. The Hall–Kier alpha value is -1.98. The minimum Gasteiger partial charge on any atom is -0.338 e. The number of hydrogen-bond acceptors (Lipinski definition) is 5. The highest BCUT2D eigenvalue weighted by molar-refractivity contribution is 5.79. The van der Waals surface area contributed by atoms with E-state index in [-0.39, 0.29) is 12.2 Å². The Bertz CT molecular complexity index is 515. The van der Waals surface area contributed by atoms with E-state index in [4.69, 9.17) is 4.52 Å². The number of aromatic nitrogens is 4. The molecule has 0 aliphatic carbocycles.